The van der Waals surface area contributed by atoms with Gasteiger partial charge in [-0.1, -0.05) is 41.9 Å². The van der Waals surface area contributed by atoms with Crippen molar-refractivity contribution in [3.05, 3.63) is 65.2 Å². The first kappa shape index (κ1) is 16.5. The molecule has 5 heteroatoms. The quantitative estimate of drug-likeness (QED) is 0.923. The van der Waals surface area contributed by atoms with Crippen LogP contribution in [-0.4, -0.2) is 18.4 Å². The van der Waals surface area contributed by atoms with E-state index in [1.165, 1.54) is 0 Å². The zero-order valence-corrected chi connectivity index (χ0v) is 14.2. The summed E-state index contributed by atoms with van der Waals surface area (Å²) in [7, 11) is 0. The Labute approximate surface area is 146 Å². The molecule has 0 spiro atoms. The van der Waals surface area contributed by atoms with Crippen molar-refractivity contribution in [1.29, 1.82) is 0 Å². The highest BCUT2D eigenvalue weighted by Gasteiger charge is 2.35. The number of amides is 2. The van der Waals surface area contributed by atoms with Gasteiger partial charge in [-0.05, 0) is 36.8 Å². The molecule has 1 fully saturated rings. The number of anilines is 1. The number of carbonyl (C=O) groups excluding carboxylic acids is 2. The SMILES string of the molecule is C[C@H](NC(=O)[C@@H]1CC(=O)N(c2ccc(Cl)cc2)C1)c1ccccc1. The zero-order chi connectivity index (χ0) is 17.1. The van der Waals surface area contributed by atoms with Crippen LogP contribution in [0.4, 0.5) is 5.69 Å². The van der Waals surface area contributed by atoms with Crippen LogP contribution in [0.1, 0.15) is 24.9 Å². The van der Waals surface area contributed by atoms with Crippen LogP contribution in [0.25, 0.3) is 0 Å². The second kappa shape index (κ2) is 7.05. The molecule has 124 valence electrons. The van der Waals surface area contributed by atoms with Crippen molar-refractivity contribution >= 4 is 29.1 Å². The van der Waals surface area contributed by atoms with Crippen molar-refractivity contribution in [2.45, 2.75) is 19.4 Å². The zero-order valence-electron chi connectivity index (χ0n) is 13.4. The third-order valence-electron chi connectivity index (χ3n) is 4.29. The molecule has 4 nitrogen and oxygen atoms in total. The second-order valence-electron chi connectivity index (χ2n) is 6.02. The monoisotopic (exact) mass is 342 g/mol. The fraction of sp³-hybridized carbons (Fsp3) is 0.263. The van der Waals surface area contributed by atoms with Crippen LogP contribution in [0.15, 0.2) is 54.6 Å². The number of carbonyl (C=O) groups is 2. The number of hydrogen-bond donors (Lipinski definition) is 1. The second-order valence-corrected chi connectivity index (χ2v) is 6.46. The van der Waals surface area contributed by atoms with Gasteiger partial charge in [-0.15, -0.1) is 0 Å². The third-order valence-corrected chi connectivity index (χ3v) is 4.54. The molecule has 24 heavy (non-hydrogen) atoms. The predicted octanol–water partition coefficient (Wildman–Crippen LogP) is 3.57. The van der Waals surface area contributed by atoms with Crippen LogP contribution in [0, 0.1) is 5.92 Å². The largest absolute Gasteiger partial charge is 0.349 e. The molecule has 0 radical (unpaired) electrons. The molecule has 1 saturated heterocycles. The molecule has 2 atom stereocenters. The standard InChI is InChI=1S/C19H19ClN2O2/c1-13(14-5-3-2-4-6-14)21-19(24)15-11-18(23)22(12-15)17-9-7-16(20)8-10-17/h2-10,13,15H,11-12H2,1H3,(H,21,24)/t13-,15+/m0/s1. The molecule has 1 aliphatic heterocycles. The average molecular weight is 343 g/mol. The fourth-order valence-electron chi connectivity index (χ4n) is 2.91. The van der Waals surface area contributed by atoms with E-state index in [2.05, 4.69) is 5.32 Å². The van der Waals surface area contributed by atoms with E-state index in [0.29, 0.717) is 11.6 Å². The van der Waals surface area contributed by atoms with Crippen LogP contribution in [0.5, 0.6) is 0 Å². The number of benzene rings is 2. The van der Waals surface area contributed by atoms with E-state index >= 15 is 0 Å². The Morgan fingerprint density at radius 1 is 1.17 bits per heavy atom. The minimum Gasteiger partial charge on any atom is -0.349 e. The van der Waals surface area contributed by atoms with E-state index in [0.717, 1.165) is 11.3 Å². The van der Waals surface area contributed by atoms with Crippen LogP contribution >= 0.6 is 11.6 Å². The Hall–Kier alpha value is -2.33. The lowest BCUT2D eigenvalue weighted by Crippen LogP contribution is -2.34. The van der Waals surface area contributed by atoms with Crippen LogP contribution in [0.2, 0.25) is 5.02 Å². The average Bonchev–Trinajstić information content (AvgIpc) is 2.98. The van der Waals surface area contributed by atoms with E-state index in [9.17, 15) is 9.59 Å². The molecule has 1 N–H and O–H groups in total. The molecule has 0 aromatic heterocycles. The minimum atomic E-state index is -0.334. The summed E-state index contributed by atoms with van der Waals surface area (Å²) < 4.78 is 0. The van der Waals surface area contributed by atoms with Crippen LogP contribution < -0.4 is 10.2 Å². The summed E-state index contributed by atoms with van der Waals surface area (Å²) in [5.41, 5.74) is 1.82. The van der Waals surface area contributed by atoms with Crippen molar-refractivity contribution in [2.75, 3.05) is 11.4 Å². The first-order valence-corrected chi connectivity index (χ1v) is 8.33. The summed E-state index contributed by atoms with van der Waals surface area (Å²) in [6.07, 6.45) is 0.232. The molecule has 0 saturated carbocycles. The molecule has 3 rings (SSSR count). The van der Waals surface area contributed by atoms with E-state index in [1.54, 1.807) is 29.2 Å². The van der Waals surface area contributed by atoms with Crippen molar-refractivity contribution in [2.24, 2.45) is 5.92 Å². The molecular weight excluding hydrogens is 324 g/mol. The molecule has 0 unspecified atom stereocenters. The summed E-state index contributed by atoms with van der Waals surface area (Å²) in [4.78, 5) is 26.4. The number of hydrogen-bond acceptors (Lipinski definition) is 2. The smallest absolute Gasteiger partial charge is 0.227 e. The topological polar surface area (TPSA) is 49.4 Å². The van der Waals surface area contributed by atoms with Gasteiger partial charge in [0.15, 0.2) is 0 Å². The Morgan fingerprint density at radius 3 is 2.50 bits per heavy atom. The first-order valence-electron chi connectivity index (χ1n) is 7.96. The molecule has 1 aliphatic rings. The van der Waals surface area contributed by atoms with Gasteiger partial charge in [-0.2, -0.15) is 0 Å². The van der Waals surface area contributed by atoms with Crippen LogP contribution in [-0.2, 0) is 9.59 Å². The molecule has 2 aromatic carbocycles. The fourth-order valence-corrected chi connectivity index (χ4v) is 3.04. The van der Waals surface area contributed by atoms with Gasteiger partial charge in [0, 0.05) is 23.7 Å². The Balaban J connectivity index is 1.64. The number of halogens is 1. The molecule has 0 aliphatic carbocycles. The normalized spacial score (nSPS) is 18.5. The maximum Gasteiger partial charge on any atom is 0.227 e. The summed E-state index contributed by atoms with van der Waals surface area (Å²) in [6.45, 7) is 2.34. The van der Waals surface area contributed by atoms with Gasteiger partial charge in [0.05, 0.1) is 12.0 Å². The van der Waals surface area contributed by atoms with E-state index < -0.39 is 0 Å². The van der Waals surface area contributed by atoms with Crippen LogP contribution in [0.3, 0.4) is 0 Å². The highest BCUT2D eigenvalue weighted by atomic mass is 35.5. The minimum absolute atomic E-state index is 0.0372. The molecule has 2 amide bonds. The summed E-state index contributed by atoms with van der Waals surface area (Å²) in [5.74, 6) is -0.458. The van der Waals surface area contributed by atoms with Crippen molar-refractivity contribution in [1.82, 2.24) is 5.32 Å². The van der Waals surface area contributed by atoms with Gasteiger partial charge in [0.1, 0.15) is 0 Å². The summed E-state index contributed by atoms with van der Waals surface area (Å²) in [5, 5.41) is 3.62. The molecule has 2 aromatic rings. The highest BCUT2D eigenvalue weighted by Crippen LogP contribution is 2.27. The lowest BCUT2D eigenvalue weighted by molar-refractivity contribution is -0.126. The maximum atomic E-state index is 12.5. The number of nitrogens with one attached hydrogen (secondary N) is 1. The van der Waals surface area contributed by atoms with Crippen molar-refractivity contribution in [3.63, 3.8) is 0 Å². The van der Waals surface area contributed by atoms with Gasteiger partial charge in [-0.25, -0.2) is 0 Å². The van der Waals surface area contributed by atoms with Gasteiger partial charge in [0.25, 0.3) is 0 Å². The Kier molecular flexibility index (Phi) is 4.86. The van der Waals surface area contributed by atoms with Gasteiger partial charge >= 0.3 is 0 Å². The van der Waals surface area contributed by atoms with Crippen molar-refractivity contribution in [3.8, 4) is 0 Å². The van der Waals surface area contributed by atoms with Crippen molar-refractivity contribution < 1.29 is 9.59 Å². The third kappa shape index (κ3) is 3.60. The molecule has 1 heterocycles. The molecular formula is C19H19ClN2O2. The molecule has 0 bridgehead atoms. The lowest BCUT2D eigenvalue weighted by Gasteiger charge is -2.19. The predicted molar refractivity (Wildman–Crippen MR) is 94.9 cm³/mol. The Bertz CT molecular complexity index is 731. The summed E-state index contributed by atoms with van der Waals surface area (Å²) in [6, 6.07) is 16.8. The highest BCUT2D eigenvalue weighted by molar-refractivity contribution is 6.30. The van der Waals surface area contributed by atoms with Gasteiger partial charge < -0.3 is 10.2 Å². The number of nitrogens with zero attached hydrogens (tertiary/aromatic N) is 1. The summed E-state index contributed by atoms with van der Waals surface area (Å²) >= 11 is 5.88. The number of rotatable bonds is 4. The van der Waals surface area contributed by atoms with E-state index in [-0.39, 0.29) is 30.2 Å². The Morgan fingerprint density at radius 2 is 1.83 bits per heavy atom. The maximum absolute atomic E-state index is 12.5. The van der Waals surface area contributed by atoms with Gasteiger partial charge in [-0.3, -0.25) is 9.59 Å². The van der Waals surface area contributed by atoms with Gasteiger partial charge in [0.2, 0.25) is 11.8 Å². The first-order chi connectivity index (χ1) is 11.5. The van der Waals surface area contributed by atoms with E-state index in [1.807, 2.05) is 37.3 Å². The van der Waals surface area contributed by atoms with E-state index in [4.69, 9.17) is 11.6 Å². The lowest BCUT2D eigenvalue weighted by atomic mass is 10.1.